The third-order valence-electron chi connectivity index (χ3n) is 2.85. The molecule has 1 aliphatic rings. The van der Waals surface area contributed by atoms with Crippen LogP contribution < -0.4 is 16.4 Å². The second kappa shape index (κ2) is 5.54. The summed E-state index contributed by atoms with van der Waals surface area (Å²) in [6, 6.07) is 19.1. The van der Waals surface area contributed by atoms with E-state index in [-0.39, 0.29) is 0 Å². The monoisotopic (exact) mass is 257 g/mol. The Morgan fingerprint density at radius 1 is 0.889 bits per heavy atom. The van der Waals surface area contributed by atoms with Gasteiger partial charge in [-0.15, -0.1) is 11.8 Å². The Labute approximate surface area is 111 Å². The van der Waals surface area contributed by atoms with Crippen molar-refractivity contribution in [3.63, 3.8) is 0 Å². The van der Waals surface area contributed by atoms with Gasteiger partial charge in [0, 0.05) is 11.4 Å². The van der Waals surface area contributed by atoms with Gasteiger partial charge in [0.15, 0.2) is 0 Å². The average molecular weight is 257 g/mol. The molecule has 1 saturated heterocycles. The Balaban J connectivity index is 1.72. The van der Waals surface area contributed by atoms with Crippen molar-refractivity contribution in [2.75, 3.05) is 6.54 Å². The fraction of sp³-hybridized carbons (Fsp3) is 0.143. The summed E-state index contributed by atoms with van der Waals surface area (Å²) in [5, 5.41) is 0.382. The van der Waals surface area contributed by atoms with Gasteiger partial charge in [-0.1, -0.05) is 42.5 Å². The standard InChI is InChI=1S/C14H15N3S/c1-2-4-11(5-3-1)12-6-8-13(9-7-12)18-14-10-15-17-16-14/h1-9,14-17H,10H2. The van der Waals surface area contributed by atoms with Crippen molar-refractivity contribution in [1.82, 2.24) is 16.4 Å². The number of hydrogen-bond donors (Lipinski definition) is 3. The van der Waals surface area contributed by atoms with Crippen molar-refractivity contribution in [2.45, 2.75) is 10.3 Å². The van der Waals surface area contributed by atoms with E-state index in [1.807, 2.05) is 17.8 Å². The Morgan fingerprint density at radius 2 is 1.61 bits per heavy atom. The van der Waals surface area contributed by atoms with Crippen LogP contribution in [0.3, 0.4) is 0 Å². The zero-order valence-electron chi connectivity index (χ0n) is 9.89. The van der Waals surface area contributed by atoms with Gasteiger partial charge in [0.05, 0.1) is 5.37 Å². The molecule has 3 N–H and O–H groups in total. The van der Waals surface area contributed by atoms with Crippen LogP contribution in [0.2, 0.25) is 0 Å². The van der Waals surface area contributed by atoms with Gasteiger partial charge in [0.25, 0.3) is 0 Å². The van der Waals surface area contributed by atoms with Gasteiger partial charge in [-0.3, -0.25) is 0 Å². The van der Waals surface area contributed by atoms with Crippen LogP contribution in [0, 0.1) is 0 Å². The van der Waals surface area contributed by atoms with Crippen LogP contribution in [0.15, 0.2) is 59.5 Å². The molecule has 1 atom stereocenters. The molecule has 2 aromatic rings. The lowest BCUT2D eigenvalue weighted by Crippen LogP contribution is -2.32. The van der Waals surface area contributed by atoms with Crippen LogP contribution in [0.5, 0.6) is 0 Å². The summed E-state index contributed by atoms with van der Waals surface area (Å²) in [6.45, 7) is 0.922. The van der Waals surface area contributed by atoms with Crippen LogP contribution in [-0.4, -0.2) is 11.9 Å². The molecule has 4 heteroatoms. The lowest BCUT2D eigenvalue weighted by atomic mass is 10.1. The first-order chi connectivity index (χ1) is 8.92. The molecular weight excluding hydrogens is 242 g/mol. The summed E-state index contributed by atoms with van der Waals surface area (Å²) in [5.74, 6) is 0. The molecule has 1 fully saturated rings. The molecule has 0 amide bonds. The van der Waals surface area contributed by atoms with E-state index in [4.69, 9.17) is 0 Å². The van der Waals surface area contributed by atoms with Crippen LogP contribution >= 0.6 is 11.8 Å². The summed E-state index contributed by atoms with van der Waals surface area (Å²) in [7, 11) is 0. The summed E-state index contributed by atoms with van der Waals surface area (Å²) < 4.78 is 0. The fourth-order valence-corrected chi connectivity index (χ4v) is 2.82. The number of benzene rings is 2. The minimum atomic E-state index is 0.382. The fourth-order valence-electron chi connectivity index (χ4n) is 1.92. The highest BCUT2D eigenvalue weighted by Crippen LogP contribution is 2.26. The maximum absolute atomic E-state index is 3.15. The Kier molecular flexibility index (Phi) is 3.61. The van der Waals surface area contributed by atoms with E-state index in [1.165, 1.54) is 16.0 Å². The normalized spacial score (nSPS) is 19.0. The Morgan fingerprint density at radius 3 is 2.28 bits per heavy atom. The number of thioether (sulfide) groups is 1. The Bertz CT molecular complexity index is 492. The SMILES string of the molecule is c1ccc(-c2ccc(SC3CNNN3)cc2)cc1. The number of hydrazine groups is 2. The van der Waals surface area contributed by atoms with E-state index in [0.717, 1.165) is 6.54 Å². The van der Waals surface area contributed by atoms with Gasteiger partial charge in [-0.05, 0) is 23.3 Å². The molecule has 3 nitrogen and oxygen atoms in total. The topological polar surface area (TPSA) is 36.1 Å². The van der Waals surface area contributed by atoms with Gasteiger partial charge in [-0.2, -0.15) is 5.53 Å². The largest absolute Gasteiger partial charge is 0.242 e. The third kappa shape index (κ3) is 2.73. The first kappa shape index (κ1) is 11.7. The van der Waals surface area contributed by atoms with Crippen LogP contribution in [-0.2, 0) is 0 Å². The first-order valence-electron chi connectivity index (χ1n) is 5.97. The van der Waals surface area contributed by atoms with Crippen molar-refractivity contribution in [1.29, 1.82) is 0 Å². The zero-order valence-corrected chi connectivity index (χ0v) is 10.7. The minimum absolute atomic E-state index is 0.382. The molecular formula is C14H15N3S. The lowest BCUT2D eigenvalue weighted by Gasteiger charge is -2.08. The molecule has 0 bridgehead atoms. The zero-order chi connectivity index (χ0) is 12.2. The molecule has 1 unspecified atom stereocenters. The van der Waals surface area contributed by atoms with E-state index in [0.29, 0.717) is 5.37 Å². The second-order valence-corrected chi connectivity index (χ2v) is 5.42. The van der Waals surface area contributed by atoms with E-state index < -0.39 is 0 Å². The second-order valence-electron chi connectivity index (χ2n) is 4.15. The summed E-state index contributed by atoms with van der Waals surface area (Å²) in [5.41, 5.74) is 11.6. The molecule has 2 aromatic carbocycles. The molecule has 0 saturated carbocycles. The van der Waals surface area contributed by atoms with E-state index >= 15 is 0 Å². The van der Waals surface area contributed by atoms with Crippen LogP contribution in [0.25, 0.3) is 11.1 Å². The summed E-state index contributed by atoms with van der Waals surface area (Å²) in [6.07, 6.45) is 0. The molecule has 1 heterocycles. The highest BCUT2D eigenvalue weighted by atomic mass is 32.2. The van der Waals surface area contributed by atoms with Crippen molar-refractivity contribution in [3.8, 4) is 11.1 Å². The van der Waals surface area contributed by atoms with Gasteiger partial charge in [0.1, 0.15) is 0 Å². The van der Waals surface area contributed by atoms with Crippen molar-refractivity contribution >= 4 is 11.8 Å². The average Bonchev–Trinajstić information content (AvgIpc) is 2.94. The molecule has 0 aromatic heterocycles. The molecule has 92 valence electrons. The van der Waals surface area contributed by atoms with E-state index in [9.17, 15) is 0 Å². The molecule has 3 rings (SSSR count). The van der Waals surface area contributed by atoms with Crippen molar-refractivity contribution in [2.24, 2.45) is 0 Å². The van der Waals surface area contributed by atoms with Crippen molar-refractivity contribution < 1.29 is 0 Å². The summed E-state index contributed by atoms with van der Waals surface area (Å²) in [4.78, 5) is 1.28. The highest BCUT2D eigenvalue weighted by molar-refractivity contribution is 8.00. The van der Waals surface area contributed by atoms with Crippen molar-refractivity contribution in [3.05, 3.63) is 54.6 Å². The highest BCUT2D eigenvalue weighted by Gasteiger charge is 2.14. The number of rotatable bonds is 3. The predicted octanol–water partition coefficient (Wildman–Crippen LogP) is 2.38. The number of hydrogen-bond acceptors (Lipinski definition) is 4. The Hall–Kier alpha value is -1.33. The first-order valence-corrected chi connectivity index (χ1v) is 6.85. The van der Waals surface area contributed by atoms with Gasteiger partial charge >= 0.3 is 0 Å². The molecule has 18 heavy (non-hydrogen) atoms. The van der Waals surface area contributed by atoms with Gasteiger partial charge < -0.3 is 0 Å². The van der Waals surface area contributed by atoms with Crippen LogP contribution in [0.1, 0.15) is 0 Å². The minimum Gasteiger partial charge on any atom is -0.242 e. The molecule has 1 aliphatic heterocycles. The number of nitrogens with one attached hydrogen (secondary N) is 3. The van der Waals surface area contributed by atoms with Crippen LogP contribution in [0.4, 0.5) is 0 Å². The maximum Gasteiger partial charge on any atom is 0.0864 e. The molecule has 0 spiro atoms. The quantitative estimate of drug-likeness (QED) is 0.789. The van der Waals surface area contributed by atoms with Gasteiger partial charge in [0.2, 0.25) is 0 Å². The van der Waals surface area contributed by atoms with Gasteiger partial charge in [-0.25, -0.2) is 10.9 Å². The third-order valence-corrected chi connectivity index (χ3v) is 3.96. The maximum atomic E-state index is 3.15. The predicted molar refractivity (Wildman–Crippen MR) is 75.8 cm³/mol. The molecule has 0 aliphatic carbocycles. The molecule has 0 radical (unpaired) electrons. The smallest absolute Gasteiger partial charge is 0.0864 e. The van der Waals surface area contributed by atoms with E-state index in [1.54, 1.807) is 0 Å². The lowest BCUT2D eigenvalue weighted by molar-refractivity contribution is 0.587. The summed E-state index contributed by atoms with van der Waals surface area (Å²) >= 11 is 1.82. The van der Waals surface area contributed by atoms with E-state index in [2.05, 4.69) is 64.9 Å².